The molecule has 0 aromatic carbocycles. The average Bonchev–Trinajstić information content (AvgIpc) is 2.74. The van der Waals surface area contributed by atoms with E-state index in [9.17, 15) is 5.26 Å². The molecule has 0 bridgehead atoms. The summed E-state index contributed by atoms with van der Waals surface area (Å²) in [5.74, 6) is 0.909. The molecule has 0 atom stereocenters. The van der Waals surface area contributed by atoms with Gasteiger partial charge >= 0.3 is 0 Å². The van der Waals surface area contributed by atoms with Gasteiger partial charge in [0.05, 0.1) is 5.56 Å². The van der Waals surface area contributed by atoms with E-state index in [2.05, 4.69) is 22.4 Å². The largest absolute Gasteiger partial charge is 0.354 e. The van der Waals surface area contributed by atoms with Gasteiger partial charge in [0, 0.05) is 25.3 Å². The van der Waals surface area contributed by atoms with E-state index in [0.717, 1.165) is 56.8 Å². The van der Waals surface area contributed by atoms with Crippen LogP contribution in [0.2, 0.25) is 0 Å². The van der Waals surface area contributed by atoms with Crippen LogP contribution in [0.15, 0.2) is 6.07 Å². The highest BCUT2D eigenvalue weighted by molar-refractivity contribution is 5.56. The lowest BCUT2D eigenvalue weighted by Gasteiger charge is -2.25. The van der Waals surface area contributed by atoms with Crippen molar-refractivity contribution in [1.29, 1.82) is 5.26 Å². The molecule has 3 rings (SSSR count). The van der Waals surface area contributed by atoms with Crippen LogP contribution < -0.4 is 10.2 Å². The van der Waals surface area contributed by atoms with Gasteiger partial charge in [0.2, 0.25) is 0 Å². The predicted octanol–water partition coefficient (Wildman–Crippen LogP) is 1.63. The predicted molar refractivity (Wildman–Crippen MR) is 75.3 cm³/mol. The fraction of sp³-hybridized carbons (Fsp3) is 0.600. The number of aromatic nitrogens is 1. The molecule has 2 heterocycles. The van der Waals surface area contributed by atoms with Crippen molar-refractivity contribution in [2.75, 3.05) is 31.1 Å². The highest BCUT2D eigenvalue weighted by atomic mass is 15.2. The van der Waals surface area contributed by atoms with Gasteiger partial charge in [-0.15, -0.1) is 0 Å². The van der Waals surface area contributed by atoms with Crippen LogP contribution in [0.4, 0.5) is 5.82 Å². The smallest absolute Gasteiger partial charge is 0.146 e. The lowest BCUT2D eigenvalue weighted by Crippen LogP contribution is -2.30. The Labute approximate surface area is 114 Å². The van der Waals surface area contributed by atoms with Crippen molar-refractivity contribution in [2.24, 2.45) is 0 Å². The van der Waals surface area contributed by atoms with E-state index in [1.54, 1.807) is 0 Å². The van der Waals surface area contributed by atoms with Gasteiger partial charge in [-0.1, -0.05) is 0 Å². The first-order chi connectivity index (χ1) is 9.38. The van der Waals surface area contributed by atoms with E-state index in [-0.39, 0.29) is 0 Å². The van der Waals surface area contributed by atoms with Crippen LogP contribution in [0, 0.1) is 11.3 Å². The third kappa shape index (κ3) is 2.57. The van der Waals surface area contributed by atoms with Gasteiger partial charge in [-0.2, -0.15) is 5.26 Å². The average molecular weight is 256 g/mol. The zero-order valence-corrected chi connectivity index (χ0v) is 11.3. The fourth-order valence-electron chi connectivity index (χ4n) is 3.00. The molecule has 1 N–H and O–H groups in total. The minimum atomic E-state index is 0.752. The second-order valence-corrected chi connectivity index (χ2v) is 5.37. The molecule has 4 heteroatoms. The SMILES string of the molecule is N#Cc1cc2c(nc1N1CCCNCC1)CCCC2. The van der Waals surface area contributed by atoms with Crippen LogP contribution >= 0.6 is 0 Å². The summed E-state index contributed by atoms with van der Waals surface area (Å²) in [5, 5.41) is 12.8. The first-order valence-electron chi connectivity index (χ1n) is 7.27. The van der Waals surface area contributed by atoms with E-state index in [1.807, 2.05) is 0 Å². The summed E-state index contributed by atoms with van der Waals surface area (Å²) in [5.41, 5.74) is 3.26. The lowest BCUT2D eigenvalue weighted by molar-refractivity contribution is 0.663. The summed E-state index contributed by atoms with van der Waals surface area (Å²) in [6.45, 7) is 3.97. The molecule has 0 amide bonds. The topological polar surface area (TPSA) is 52.0 Å². The Kier molecular flexibility index (Phi) is 3.65. The number of nitriles is 1. The monoisotopic (exact) mass is 256 g/mol. The van der Waals surface area contributed by atoms with E-state index in [1.165, 1.54) is 24.1 Å². The van der Waals surface area contributed by atoms with Crippen molar-refractivity contribution >= 4 is 5.82 Å². The van der Waals surface area contributed by atoms with Gasteiger partial charge in [0.25, 0.3) is 0 Å². The normalized spacial score (nSPS) is 19.4. The van der Waals surface area contributed by atoms with Gasteiger partial charge in [0.15, 0.2) is 0 Å². The first-order valence-corrected chi connectivity index (χ1v) is 7.27. The second kappa shape index (κ2) is 5.58. The van der Waals surface area contributed by atoms with Crippen molar-refractivity contribution in [1.82, 2.24) is 10.3 Å². The zero-order chi connectivity index (χ0) is 13.1. The molecule has 0 radical (unpaired) electrons. The van der Waals surface area contributed by atoms with Gasteiger partial charge in [0.1, 0.15) is 11.9 Å². The summed E-state index contributed by atoms with van der Waals surface area (Å²) in [6, 6.07) is 4.42. The highest BCUT2D eigenvalue weighted by Crippen LogP contribution is 2.26. The molecule has 100 valence electrons. The van der Waals surface area contributed by atoms with Crippen molar-refractivity contribution < 1.29 is 0 Å². The summed E-state index contributed by atoms with van der Waals surface area (Å²) in [6.07, 6.45) is 5.72. The second-order valence-electron chi connectivity index (χ2n) is 5.37. The first kappa shape index (κ1) is 12.4. The third-order valence-corrected chi connectivity index (χ3v) is 4.04. The minimum absolute atomic E-state index is 0.752. The zero-order valence-electron chi connectivity index (χ0n) is 11.3. The van der Waals surface area contributed by atoms with Crippen molar-refractivity contribution in [3.63, 3.8) is 0 Å². The molecule has 1 aliphatic heterocycles. The maximum atomic E-state index is 9.39. The quantitative estimate of drug-likeness (QED) is 0.830. The molecule has 0 spiro atoms. The number of hydrogen-bond acceptors (Lipinski definition) is 4. The van der Waals surface area contributed by atoms with Crippen LogP contribution in [0.25, 0.3) is 0 Å². The Morgan fingerprint density at radius 2 is 2.05 bits per heavy atom. The van der Waals surface area contributed by atoms with E-state index >= 15 is 0 Å². The minimum Gasteiger partial charge on any atom is -0.354 e. The molecule has 1 saturated heterocycles. The molecule has 4 nitrogen and oxygen atoms in total. The molecule has 0 saturated carbocycles. The van der Waals surface area contributed by atoms with Crippen molar-refractivity contribution in [3.8, 4) is 6.07 Å². The maximum absolute atomic E-state index is 9.39. The van der Waals surface area contributed by atoms with Crippen molar-refractivity contribution in [2.45, 2.75) is 32.1 Å². The highest BCUT2D eigenvalue weighted by Gasteiger charge is 2.19. The molecule has 2 aliphatic rings. The van der Waals surface area contributed by atoms with Crippen LogP contribution in [0.3, 0.4) is 0 Å². The van der Waals surface area contributed by atoms with E-state index < -0.39 is 0 Å². The number of rotatable bonds is 1. The van der Waals surface area contributed by atoms with Gasteiger partial charge < -0.3 is 10.2 Å². The van der Waals surface area contributed by atoms with Gasteiger partial charge in [-0.05, 0) is 50.3 Å². The molecule has 1 aromatic heterocycles. The van der Waals surface area contributed by atoms with Gasteiger partial charge in [-0.3, -0.25) is 0 Å². The summed E-state index contributed by atoms with van der Waals surface area (Å²) < 4.78 is 0. The maximum Gasteiger partial charge on any atom is 0.146 e. The summed E-state index contributed by atoms with van der Waals surface area (Å²) in [7, 11) is 0. The van der Waals surface area contributed by atoms with Crippen molar-refractivity contribution in [3.05, 3.63) is 22.9 Å². The summed E-state index contributed by atoms with van der Waals surface area (Å²) in [4.78, 5) is 7.10. The third-order valence-electron chi connectivity index (χ3n) is 4.04. The molecule has 1 aliphatic carbocycles. The number of fused-ring (bicyclic) bond motifs is 1. The molecular formula is C15H20N4. The number of nitrogens with zero attached hydrogens (tertiary/aromatic N) is 3. The molecule has 1 aromatic rings. The molecule has 19 heavy (non-hydrogen) atoms. The number of pyridine rings is 1. The molecular weight excluding hydrogens is 236 g/mol. The Balaban J connectivity index is 1.96. The Morgan fingerprint density at radius 3 is 2.95 bits per heavy atom. The van der Waals surface area contributed by atoms with Crippen LogP contribution in [0.1, 0.15) is 36.1 Å². The van der Waals surface area contributed by atoms with Crippen LogP contribution in [0.5, 0.6) is 0 Å². The lowest BCUT2D eigenvalue weighted by atomic mass is 9.95. The van der Waals surface area contributed by atoms with E-state index in [0.29, 0.717) is 0 Å². The number of nitrogens with one attached hydrogen (secondary N) is 1. The summed E-state index contributed by atoms with van der Waals surface area (Å²) >= 11 is 0. The molecule has 1 fully saturated rings. The van der Waals surface area contributed by atoms with Crippen LogP contribution in [-0.2, 0) is 12.8 Å². The standard InChI is InChI=1S/C15H20N4/c16-11-13-10-12-4-1-2-5-14(12)18-15(13)19-8-3-6-17-7-9-19/h10,17H,1-9H2. The Bertz CT molecular complexity index is 496. The number of hydrogen-bond donors (Lipinski definition) is 1. The molecule has 0 unspecified atom stereocenters. The van der Waals surface area contributed by atoms with E-state index in [4.69, 9.17) is 4.98 Å². The number of anilines is 1. The van der Waals surface area contributed by atoms with Crippen LogP contribution in [-0.4, -0.2) is 31.2 Å². The number of aryl methyl sites for hydroxylation is 2. The fourth-order valence-corrected chi connectivity index (χ4v) is 3.00. The Hall–Kier alpha value is -1.60. The van der Waals surface area contributed by atoms with Gasteiger partial charge in [-0.25, -0.2) is 4.98 Å². The Morgan fingerprint density at radius 1 is 1.16 bits per heavy atom.